The Bertz CT molecular complexity index is 482. The summed E-state index contributed by atoms with van der Waals surface area (Å²) in [5.74, 6) is 0.903. The summed E-state index contributed by atoms with van der Waals surface area (Å²) >= 11 is 3.42. The van der Waals surface area contributed by atoms with Crippen molar-refractivity contribution in [1.29, 1.82) is 0 Å². The third kappa shape index (κ3) is 2.56. The monoisotopic (exact) mass is 267 g/mol. The van der Waals surface area contributed by atoms with Crippen LogP contribution >= 0.6 is 15.9 Å². The van der Waals surface area contributed by atoms with E-state index >= 15 is 0 Å². The maximum absolute atomic E-state index is 4.48. The van der Waals surface area contributed by atoms with E-state index in [1.54, 1.807) is 0 Å². The molecule has 4 heteroatoms. The van der Waals surface area contributed by atoms with Gasteiger partial charge in [-0.3, -0.25) is 0 Å². The number of halogens is 1. The maximum Gasteiger partial charge on any atom is 0.156 e. The molecule has 0 atom stereocenters. The molecule has 0 aliphatic carbocycles. The minimum Gasteiger partial charge on any atom is -0.221 e. The molecule has 2 heterocycles. The molecule has 2 aromatic heterocycles. The Balaban J connectivity index is 2.39. The highest BCUT2D eigenvalue weighted by Gasteiger charge is 2.15. The van der Waals surface area contributed by atoms with E-state index in [-0.39, 0.29) is 5.41 Å². The Kier molecular flexibility index (Phi) is 2.54. The largest absolute Gasteiger partial charge is 0.221 e. The van der Waals surface area contributed by atoms with Gasteiger partial charge in [0.25, 0.3) is 0 Å². The lowest BCUT2D eigenvalue weighted by atomic mass is 9.92. The van der Waals surface area contributed by atoms with Gasteiger partial charge in [-0.1, -0.05) is 36.7 Å². The van der Waals surface area contributed by atoms with Crippen molar-refractivity contribution >= 4 is 21.6 Å². The van der Waals surface area contributed by atoms with Gasteiger partial charge in [-0.05, 0) is 17.5 Å². The van der Waals surface area contributed by atoms with E-state index < -0.39 is 0 Å². The van der Waals surface area contributed by atoms with Crippen LogP contribution in [0.3, 0.4) is 0 Å². The fourth-order valence-corrected chi connectivity index (χ4v) is 1.77. The van der Waals surface area contributed by atoms with E-state index in [4.69, 9.17) is 0 Å². The molecule has 3 nitrogen and oxygen atoms in total. The fraction of sp³-hybridized carbons (Fsp3) is 0.455. The number of nitrogens with zero attached hydrogens (tertiary/aromatic N) is 3. The maximum atomic E-state index is 4.48. The average molecular weight is 268 g/mol. The molecule has 0 bridgehead atoms. The zero-order chi connectivity index (χ0) is 11.1. The van der Waals surface area contributed by atoms with Crippen molar-refractivity contribution in [3.05, 3.63) is 28.6 Å². The summed E-state index contributed by atoms with van der Waals surface area (Å²) in [6.45, 7) is 6.57. The lowest BCUT2D eigenvalue weighted by Gasteiger charge is -2.14. The first-order valence-electron chi connectivity index (χ1n) is 4.95. The van der Waals surface area contributed by atoms with E-state index in [9.17, 15) is 0 Å². The average Bonchev–Trinajstić information content (AvgIpc) is 2.42. The predicted molar refractivity (Wildman–Crippen MR) is 63.8 cm³/mol. The highest BCUT2D eigenvalue weighted by Crippen LogP contribution is 2.19. The van der Waals surface area contributed by atoms with Crippen LogP contribution in [0.1, 0.15) is 26.6 Å². The van der Waals surface area contributed by atoms with Gasteiger partial charge in [0.1, 0.15) is 0 Å². The van der Waals surface area contributed by atoms with Crippen molar-refractivity contribution in [2.45, 2.75) is 27.2 Å². The summed E-state index contributed by atoms with van der Waals surface area (Å²) < 4.78 is 2.84. The number of pyridine rings is 1. The first-order valence-corrected chi connectivity index (χ1v) is 5.74. The van der Waals surface area contributed by atoms with E-state index in [0.717, 1.165) is 22.4 Å². The summed E-state index contributed by atoms with van der Waals surface area (Å²) in [5, 5.41) is 4.42. The van der Waals surface area contributed by atoms with Gasteiger partial charge >= 0.3 is 0 Å². The second kappa shape index (κ2) is 3.59. The molecule has 0 aliphatic rings. The zero-order valence-electron chi connectivity index (χ0n) is 9.16. The molecule has 0 radical (unpaired) electrons. The lowest BCUT2D eigenvalue weighted by molar-refractivity contribution is 0.401. The van der Waals surface area contributed by atoms with E-state index in [0.29, 0.717) is 0 Å². The second-order valence-electron chi connectivity index (χ2n) is 4.91. The standard InChI is InChI=1S/C11H14BrN3/c1-11(2,3)7-9-13-10-6-8(12)4-5-15(10)14-9/h4-6H,7H2,1-3H3. The molecule has 2 aromatic rings. The van der Waals surface area contributed by atoms with Gasteiger partial charge in [-0.15, -0.1) is 0 Å². The van der Waals surface area contributed by atoms with Crippen LogP contribution in [0.5, 0.6) is 0 Å². The molecular formula is C11H14BrN3. The Morgan fingerprint density at radius 3 is 2.80 bits per heavy atom. The SMILES string of the molecule is CC(C)(C)Cc1nc2cc(Br)ccn2n1. The van der Waals surface area contributed by atoms with Crippen molar-refractivity contribution in [2.24, 2.45) is 5.41 Å². The summed E-state index contributed by atoms with van der Waals surface area (Å²) in [6, 6.07) is 3.93. The quantitative estimate of drug-likeness (QED) is 0.795. The van der Waals surface area contributed by atoms with Crippen molar-refractivity contribution in [3.8, 4) is 0 Å². The van der Waals surface area contributed by atoms with Crippen molar-refractivity contribution in [1.82, 2.24) is 14.6 Å². The second-order valence-corrected chi connectivity index (χ2v) is 5.83. The molecule has 0 amide bonds. The summed E-state index contributed by atoms with van der Waals surface area (Å²) in [4.78, 5) is 4.48. The van der Waals surface area contributed by atoms with Gasteiger partial charge in [0.05, 0.1) is 0 Å². The summed E-state index contributed by atoms with van der Waals surface area (Å²) in [7, 11) is 0. The number of fused-ring (bicyclic) bond motifs is 1. The Morgan fingerprint density at radius 2 is 2.13 bits per heavy atom. The predicted octanol–water partition coefficient (Wildman–Crippen LogP) is 3.08. The molecule has 0 aromatic carbocycles. The van der Waals surface area contributed by atoms with Crippen molar-refractivity contribution in [2.75, 3.05) is 0 Å². The molecule has 0 unspecified atom stereocenters. The number of rotatable bonds is 1. The van der Waals surface area contributed by atoms with E-state index in [1.807, 2.05) is 22.8 Å². The van der Waals surface area contributed by atoms with Crippen LogP contribution in [0.15, 0.2) is 22.8 Å². The zero-order valence-corrected chi connectivity index (χ0v) is 10.7. The third-order valence-corrected chi connectivity index (χ3v) is 2.53. The van der Waals surface area contributed by atoms with Gasteiger partial charge < -0.3 is 0 Å². The van der Waals surface area contributed by atoms with Crippen LogP contribution in [0, 0.1) is 5.41 Å². The van der Waals surface area contributed by atoms with Gasteiger partial charge in [0.15, 0.2) is 11.5 Å². The summed E-state index contributed by atoms with van der Waals surface area (Å²) in [6.07, 6.45) is 2.81. The minimum atomic E-state index is 0.224. The molecule has 0 aliphatic heterocycles. The fourth-order valence-electron chi connectivity index (χ4n) is 1.45. The van der Waals surface area contributed by atoms with Crippen LogP contribution in [0.25, 0.3) is 5.65 Å². The van der Waals surface area contributed by atoms with E-state index in [1.165, 1.54) is 0 Å². The topological polar surface area (TPSA) is 30.2 Å². The molecule has 2 rings (SSSR count). The molecular weight excluding hydrogens is 254 g/mol. The number of hydrogen-bond donors (Lipinski definition) is 0. The third-order valence-electron chi connectivity index (χ3n) is 2.03. The number of aromatic nitrogens is 3. The van der Waals surface area contributed by atoms with Gasteiger partial charge in [0, 0.05) is 17.1 Å². The van der Waals surface area contributed by atoms with Crippen LogP contribution in [0.4, 0.5) is 0 Å². The lowest BCUT2D eigenvalue weighted by Crippen LogP contribution is -2.10. The molecule has 15 heavy (non-hydrogen) atoms. The highest BCUT2D eigenvalue weighted by atomic mass is 79.9. The minimum absolute atomic E-state index is 0.224. The van der Waals surface area contributed by atoms with Crippen molar-refractivity contribution in [3.63, 3.8) is 0 Å². The molecule has 0 N–H and O–H groups in total. The normalized spacial score (nSPS) is 12.3. The Morgan fingerprint density at radius 1 is 1.40 bits per heavy atom. The molecule has 80 valence electrons. The van der Waals surface area contributed by atoms with Crippen LogP contribution in [-0.4, -0.2) is 14.6 Å². The van der Waals surface area contributed by atoms with Gasteiger partial charge in [0.2, 0.25) is 0 Å². The van der Waals surface area contributed by atoms with Gasteiger partial charge in [-0.25, -0.2) is 9.50 Å². The Hall–Kier alpha value is -0.900. The van der Waals surface area contributed by atoms with E-state index in [2.05, 4.69) is 46.8 Å². The molecule has 0 fully saturated rings. The summed E-state index contributed by atoms with van der Waals surface area (Å²) in [5.41, 5.74) is 1.12. The molecule has 0 spiro atoms. The van der Waals surface area contributed by atoms with Crippen molar-refractivity contribution < 1.29 is 0 Å². The first-order chi connectivity index (χ1) is 6.94. The Labute approximate surface area is 97.6 Å². The molecule has 0 saturated heterocycles. The van der Waals surface area contributed by atoms with Crippen LogP contribution < -0.4 is 0 Å². The highest BCUT2D eigenvalue weighted by molar-refractivity contribution is 9.10. The first kappa shape index (κ1) is 10.6. The van der Waals surface area contributed by atoms with Crippen LogP contribution in [-0.2, 0) is 6.42 Å². The number of hydrogen-bond acceptors (Lipinski definition) is 2. The van der Waals surface area contributed by atoms with Crippen LogP contribution in [0.2, 0.25) is 0 Å². The van der Waals surface area contributed by atoms with Gasteiger partial charge in [-0.2, -0.15) is 5.10 Å². The smallest absolute Gasteiger partial charge is 0.156 e. The molecule has 0 saturated carbocycles.